The van der Waals surface area contributed by atoms with Gasteiger partial charge in [0.05, 0.1) is 22.4 Å². The Balaban J connectivity index is 1.13. The minimum absolute atomic E-state index is 0.00742. The van der Waals surface area contributed by atoms with Gasteiger partial charge in [0.25, 0.3) is 6.47 Å². The minimum atomic E-state index is -0.989. The average Bonchev–Trinajstić information content (AvgIpc) is 3.61. The van der Waals surface area contributed by atoms with Crippen molar-refractivity contribution in [2.24, 2.45) is 62.1 Å². The summed E-state index contributed by atoms with van der Waals surface area (Å²) < 4.78 is 17.4. The van der Waals surface area contributed by atoms with Crippen molar-refractivity contribution in [3.05, 3.63) is 34.3 Å². The van der Waals surface area contributed by atoms with E-state index < -0.39 is 16.4 Å². The van der Waals surface area contributed by atoms with E-state index in [-0.39, 0.29) is 87.9 Å². The van der Waals surface area contributed by atoms with Gasteiger partial charge in [0.2, 0.25) is 5.91 Å². The molecular formula is C49H71NO8. The first kappa shape index (κ1) is 42.9. The Labute approximate surface area is 347 Å². The molecule has 0 aromatic carbocycles. The lowest BCUT2D eigenvalue weighted by Crippen LogP contribution is -2.67. The third-order valence-electron chi connectivity index (χ3n) is 18.2. The highest BCUT2D eigenvalue weighted by Gasteiger charge is 2.70. The van der Waals surface area contributed by atoms with Crippen LogP contribution < -0.4 is 5.32 Å². The molecule has 1 aromatic rings. The van der Waals surface area contributed by atoms with Gasteiger partial charge in [-0.25, -0.2) is 0 Å². The van der Waals surface area contributed by atoms with E-state index in [1.807, 2.05) is 34.6 Å². The smallest absolute Gasteiger partial charge is 0.310 e. The van der Waals surface area contributed by atoms with Crippen LogP contribution in [0.2, 0.25) is 0 Å². The van der Waals surface area contributed by atoms with Crippen molar-refractivity contribution in [1.29, 1.82) is 0 Å². The number of ketones is 2. The second-order valence-corrected chi connectivity index (χ2v) is 22.7. The van der Waals surface area contributed by atoms with Crippen LogP contribution in [0, 0.1) is 75.9 Å². The van der Waals surface area contributed by atoms with Crippen molar-refractivity contribution in [2.45, 2.75) is 178 Å². The molecule has 0 spiro atoms. The number of hydrogen-bond acceptors (Lipinski definition) is 8. The molecule has 6 aliphatic carbocycles. The van der Waals surface area contributed by atoms with E-state index >= 15 is 0 Å². The van der Waals surface area contributed by atoms with E-state index in [0.717, 1.165) is 50.5 Å². The van der Waals surface area contributed by atoms with Crippen molar-refractivity contribution in [3.8, 4) is 0 Å². The molecule has 6 aliphatic rings. The summed E-state index contributed by atoms with van der Waals surface area (Å²) >= 11 is 0. The van der Waals surface area contributed by atoms with Gasteiger partial charge in [-0.15, -0.1) is 0 Å². The summed E-state index contributed by atoms with van der Waals surface area (Å²) in [6, 6.07) is 1.75. The average molecular weight is 802 g/mol. The zero-order valence-corrected chi connectivity index (χ0v) is 37.7. The molecule has 58 heavy (non-hydrogen) atoms. The van der Waals surface area contributed by atoms with Gasteiger partial charge in [-0.2, -0.15) is 0 Å². The van der Waals surface area contributed by atoms with Gasteiger partial charge in [-0.3, -0.25) is 24.0 Å². The summed E-state index contributed by atoms with van der Waals surface area (Å²) in [5.41, 5.74) is 0.201. The first-order valence-corrected chi connectivity index (χ1v) is 22.3. The maximum Gasteiger partial charge on any atom is 0.310 e. The molecule has 9 nitrogen and oxygen atoms in total. The molecule has 0 unspecified atom stereocenters. The fraction of sp³-hybridized carbons (Fsp3) is 0.776. The molecule has 320 valence electrons. The molecule has 10 atom stereocenters. The maximum atomic E-state index is 14.5. The highest BCUT2D eigenvalue weighted by molar-refractivity contribution is 6.03. The van der Waals surface area contributed by atoms with Crippen LogP contribution in [-0.4, -0.2) is 47.7 Å². The Hall–Kier alpha value is -3.23. The summed E-state index contributed by atoms with van der Waals surface area (Å²) in [7, 11) is 0. The number of allylic oxidation sites excluding steroid dienone is 1. The normalized spacial score (nSPS) is 38.8. The lowest BCUT2D eigenvalue weighted by Gasteiger charge is -2.72. The Morgan fingerprint density at radius 2 is 1.59 bits per heavy atom. The van der Waals surface area contributed by atoms with E-state index in [1.54, 1.807) is 13.0 Å². The van der Waals surface area contributed by atoms with Gasteiger partial charge < -0.3 is 19.2 Å². The Bertz CT molecular complexity index is 1930. The summed E-state index contributed by atoms with van der Waals surface area (Å²) in [6.45, 7) is 28.2. The second-order valence-electron chi connectivity index (χ2n) is 22.7. The number of furan rings is 1. The topological polar surface area (TPSA) is 129 Å². The number of fused-ring (bicyclic) bond motifs is 7. The predicted molar refractivity (Wildman–Crippen MR) is 221 cm³/mol. The van der Waals surface area contributed by atoms with Gasteiger partial charge in [-0.05, 0) is 129 Å². The fourth-order valence-corrected chi connectivity index (χ4v) is 14.6. The Kier molecular flexibility index (Phi) is 10.3. The summed E-state index contributed by atoms with van der Waals surface area (Å²) in [5, 5.41) is 3.52. The largest absolute Gasteiger partial charge is 0.466 e. The first-order chi connectivity index (χ1) is 26.8. The van der Waals surface area contributed by atoms with Crippen molar-refractivity contribution < 1.29 is 37.9 Å². The van der Waals surface area contributed by atoms with Crippen LogP contribution in [-0.2, 0) is 28.7 Å². The third kappa shape index (κ3) is 6.14. The lowest BCUT2D eigenvalue weighted by atomic mass is 9.33. The van der Waals surface area contributed by atoms with Crippen LogP contribution in [0.15, 0.2) is 21.6 Å². The van der Waals surface area contributed by atoms with Crippen molar-refractivity contribution in [2.75, 3.05) is 0 Å². The van der Waals surface area contributed by atoms with Crippen LogP contribution in [0.25, 0.3) is 0 Å². The summed E-state index contributed by atoms with van der Waals surface area (Å²) in [6.07, 6.45) is 7.97. The molecular weight excluding hydrogens is 731 g/mol. The second kappa shape index (κ2) is 13.9. The molecule has 0 aliphatic heterocycles. The number of carbonyl (C=O) groups excluding carboxylic acids is 5. The van der Waals surface area contributed by atoms with Gasteiger partial charge in [0.1, 0.15) is 23.7 Å². The number of carbonyl (C=O) groups is 5. The molecule has 1 N–H and O–H groups in total. The number of ether oxygens (including phenoxy) is 2. The molecule has 0 bridgehead atoms. The third-order valence-corrected chi connectivity index (χ3v) is 18.2. The molecule has 5 saturated carbocycles. The first-order valence-electron chi connectivity index (χ1n) is 22.3. The number of Topliss-reactive ketones (excluding diaryl/α,β-unsaturated/α-hetero) is 2. The van der Waals surface area contributed by atoms with E-state index in [1.165, 1.54) is 5.57 Å². The van der Waals surface area contributed by atoms with Gasteiger partial charge in [-0.1, -0.05) is 76.2 Å². The van der Waals surface area contributed by atoms with Crippen LogP contribution in [0.4, 0.5) is 0 Å². The number of amides is 1. The Morgan fingerprint density at radius 3 is 2.19 bits per heavy atom. The van der Waals surface area contributed by atoms with Gasteiger partial charge in [0, 0.05) is 23.7 Å². The van der Waals surface area contributed by atoms with Gasteiger partial charge in [0.15, 0.2) is 11.6 Å². The predicted octanol–water partition coefficient (Wildman–Crippen LogP) is 9.84. The molecule has 9 heteroatoms. The van der Waals surface area contributed by atoms with Crippen LogP contribution in [0.3, 0.4) is 0 Å². The van der Waals surface area contributed by atoms with E-state index in [4.69, 9.17) is 13.9 Å². The monoisotopic (exact) mass is 802 g/mol. The van der Waals surface area contributed by atoms with Crippen molar-refractivity contribution >= 4 is 29.9 Å². The highest BCUT2D eigenvalue weighted by Crippen LogP contribution is 2.76. The molecule has 1 amide bonds. The Morgan fingerprint density at radius 1 is 0.897 bits per heavy atom. The molecule has 0 saturated heterocycles. The standard InChI is InChI=1S/C49H71NO8/c1-27(2)39-34(53)25-49(50-42(55)43(5,6)24-33(52)30-22-28(3)57-29(30)4)21-20-47(12)31(40(39)49)14-15-36-46(11)18-17-37(45(9,10)35(46)16-19-48(36,47)13)58-41(54)32-23-38(56-26-51)44(32,7)8/h22,26-27,31-32,35-38H,14-21,23-25H2,1-13H3,(H,50,55)/t31-,32-,35+,36-,37+,38-,46+,47-,48-,49-/m1/s1. The number of rotatable bonds is 10. The zero-order valence-electron chi connectivity index (χ0n) is 37.7. The summed E-state index contributed by atoms with van der Waals surface area (Å²) in [5.74, 6) is 1.70. The number of aryl methyl sites for hydroxylation is 2. The molecule has 5 fully saturated rings. The minimum Gasteiger partial charge on any atom is -0.466 e. The number of esters is 1. The number of nitrogens with one attached hydrogen (secondary N) is 1. The molecule has 7 rings (SSSR count). The zero-order chi connectivity index (χ0) is 42.8. The number of hydrogen-bond donors (Lipinski definition) is 1. The SMILES string of the molecule is Cc1cc(C(=O)CC(C)(C)C(=O)N[C@@]23CC[C@]4(C)[C@H](CC[C@@H]5[C@@]6(C)CC[C@H](OC(=O)[C@H]7C[C@@H](OC=O)C7(C)C)C(C)(C)[C@@H]6CC[C@]54C)C2=C(C(C)C)C(=O)C3)c(C)o1. The van der Waals surface area contributed by atoms with E-state index in [2.05, 4.69) is 53.8 Å². The molecule has 1 heterocycles. The van der Waals surface area contributed by atoms with Crippen LogP contribution in [0.5, 0.6) is 0 Å². The molecule has 0 radical (unpaired) electrons. The quantitative estimate of drug-likeness (QED) is 0.141. The summed E-state index contributed by atoms with van der Waals surface area (Å²) in [4.78, 5) is 66.9. The maximum absolute atomic E-state index is 14.5. The van der Waals surface area contributed by atoms with Gasteiger partial charge >= 0.3 is 5.97 Å². The van der Waals surface area contributed by atoms with E-state index in [0.29, 0.717) is 48.2 Å². The van der Waals surface area contributed by atoms with Crippen LogP contribution in [0.1, 0.15) is 169 Å². The lowest BCUT2D eigenvalue weighted by molar-refractivity contribution is -0.236. The highest BCUT2D eigenvalue weighted by atomic mass is 16.6. The van der Waals surface area contributed by atoms with Crippen molar-refractivity contribution in [1.82, 2.24) is 5.32 Å². The van der Waals surface area contributed by atoms with Crippen LogP contribution >= 0.6 is 0 Å². The van der Waals surface area contributed by atoms with Crippen molar-refractivity contribution in [3.63, 3.8) is 0 Å². The molecule has 1 aromatic heterocycles. The van der Waals surface area contributed by atoms with E-state index in [9.17, 15) is 24.0 Å². The fourth-order valence-electron chi connectivity index (χ4n) is 14.6.